The highest BCUT2D eigenvalue weighted by Gasteiger charge is 2.26. The molecule has 7 heteroatoms. The van der Waals surface area contributed by atoms with Crippen molar-refractivity contribution in [3.63, 3.8) is 0 Å². The number of benzene rings is 2. The lowest BCUT2D eigenvalue weighted by Crippen LogP contribution is -2.48. The van der Waals surface area contributed by atoms with E-state index in [0.29, 0.717) is 38.4 Å². The van der Waals surface area contributed by atoms with Gasteiger partial charge in [-0.15, -0.1) is 0 Å². The third-order valence-electron chi connectivity index (χ3n) is 5.40. The average Bonchev–Trinajstić information content (AvgIpc) is 2.82. The van der Waals surface area contributed by atoms with Gasteiger partial charge in [0.15, 0.2) is 0 Å². The van der Waals surface area contributed by atoms with Crippen molar-refractivity contribution in [2.24, 2.45) is 0 Å². The number of carbonyl (C=O) groups excluding carboxylic acids is 2. The number of urea groups is 1. The lowest BCUT2D eigenvalue weighted by atomic mass is 10.0. The zero-order chi connectivity index (χ0) is 21.5. The molecule has 1 aliphatic rings. The number of nitrogens with zero attached hydrogens (tertiary/aromatic N) is 2. The summed E-state index contributed by atoms with van der Waals surface area (Å²) in [7, 11) is 0. The molecule has 0 unspecified atom stereocenters. The molecule has 0 radical (unpaired) electrons. The highest BCUT2D eigenvalue weighted by molar-refractivity contribution is 5.94. The van der Waals surface area contributed by atoms with Crippen molar-refractivity contribution in [1.29, 1.82) is 0 Å². The number of aryl methyl sites for hydroxylation is 2. The minimum atomic E-state index is -0.563. The fourth-order valence-corrected chi connectivity index (χ4v) is 3.57. The van der Waals surface area contributed by atoms with Gasteiger partial charge in [0.1, 0.15) is 0 Å². The van der Waals surface area contributed by atoms with E-state index in [1.165, 1.54) is 5.56 Å². The van der Waals surface area contributed by atoms with Crippen LogP contribution in [0.4, 0.5) is 10.5 Å². The molecule has 1 heterocycles. The Labute approximate surface area is 177 Å². The van der Waals surface area contributed by atoms with Crippen LogP contribution in [0, 0.1) is 0 Å². The van der Waals surface area contributed by atoms with Crippen LogP contribution in [0.15, 0.2) is 42.5 Å². The summed E-state index contributed by atoms with van der Waals surface area (Å²) in [5.74, 6) is -0.563. The summed E-state index contributed by atoms with van der Waals surface area (Å²) in [6, 6.07) is 13.2. The molecule has 3 rings (SSSR count). The molecular formula is C23H29N3O4. The first-order valence-corrected chi connectivity index (χ1v) is 10.4. The van der Waals surface area contributed by atoms with Crippen LogP contribution in [0.3, 0.4) is 0 Å². The van der Waals surface area contributed by atoms with E-state index in [4.69, 9.17) is 9.94 Å². The summed E-state index contributed by atoms with van der Waals surface area (Å²) < 4.78 is 5.41. The van der Waals surface area contributed by atoms with Crippen molar-refractivity contribution in [2.45, 2.75) is 33.2 Å². The van der Waals surface area contributed by atoms with Crippen LogP contribution in [0.1, 0.15) is 40.9 Å². The number of hydrogen-bond donors (Lipinski definition) is 2. The van der Waals surface area contributed by atoms with E-state index in [1.807, 2.05) is 9.80 Å². The van der Waals surface area contributed by atoms with Crippen molar-refractivity contribution < 1.29 is 19.5 Å². The van der Waals surface area contributed by atoms with Gasteiger partial charge in [-0.1, -0.05) is 38.1 Å². The van der Waals surface area contributed by atoms with E-state index in [0.717, 1.165) is 29.7 Å². The summed E-state index contributed by atoms with van der Waals surface area (Å²) >= 11 is 0. The Hall–Kier alpha value is -2.90. The quantitative estimate of drug-likeness (QED) is 0.564. The minimum Gasteiger partial charge on any atom is -0.378 e. The first-order chi connectivity index (χ1) is 14.6. The van der Waals surface area contributed by atoms with Crippen molar-refractivity contribution in [3.8, 4) is 0 Å². The topological polar surface area (TPSA) is 82.1 Å². The number of carbonyl (C=O) groups is 2. The molecule has 3 amide bonds. The summed E-state index contributed by atoms with van der Waals surface area (Å²) in [5.41, 5.74) is 6.10. The number of amides is 3. The third-order valence-corrected chi connectivity index (χ3v) is 5.40. The Morgan fingerprint density at radius 3 is 2.30 bits per heavy atom. The number of hydrogen-bond acceptors (Lipinski definition) is 4. The number of rotatable bonds is 6. The molecule has 0 bridgehead atoms. The normalized spacial score (nSPS) is 13.8. The second-order valence-corrected chi connectivity index (χ2v) is 7.28. The molecule has 160 valence electrons. The Kier molecular flexibility index (Phi) is 7.43. The van der Waals surface area contributed by atoms with Gasteiger partial charge in [-0.05, 0) is 47.7 Å². The first-order valence-electron chi connectivity index (χ1n) is 10.4. The maximum Gasteiger partial charge on any atom is 0.324 e. The number of ether oxygens (including phenoxy) is 1. The fraction of sp³-hybridized carbons (Fsp3) is 0.391. The minimum absolute atomic E-state index is 0.0431. The van der Waals surface area contributed by atoms with E-state index in [9.17, 15) is 9.59 Å². The molecule has 0 spiro atoms. The summed E-state index contributed by atoms with van der Waals surface area (Å²) in [5, 5.41) is 8.81. The first kappa shape index (κ1) is 21.8. The summed E-state index contributed by atoms with van der Waals surface area (Å²) in [6.07, 6.45) is 1.71. The van der Waals surface area contributed by atoms with Gasteiger partial charge in [0.25, 0.3) is 5.91 Å². The maximum atomic E-state index is 13.5. The Morgan fingerprint density at radius 1 is 1.03 bits per heavy atom. The van der Waals surface area contributed by atoms with Gasteiger partial charge in [0, 0.05) is 24.3 Å². The maximum absolute atomic E-state index is 13.5. The molecule has 1 aliphatic heterocycles. The van der Waals surface area contributed by atoms with Crippen LogP contribution in [0.5, 0.6) is 0 Å². The predicted molar refractivity (Wildman–Crippen MR) is 115 cm³/mol. The van der Waals surface area contributed by atoms with Crippen LogP contribution in [-0.2, 0) is 24.1 Å². The van der Waals surface area contributed by atoms with Gasteiger partial charge in [-0.2, -0.15) is 0 Å². The monoisotopic (exact) mass is 411 g/mol. The third kappa shape index (κ3) is 4.98. The smallest absolute Gasteiger partial charge is 0.324 e. The lowest BCUT2D eigenvalue weighted by Gasteiger charge is -2.34. The zero-order valence-corrected chi connectivity index (χ0v) is 17.6. The van der Waals surface area contributed by atoms with Gasteiger partial charge >= 0.3 is 6.03 Å². The van der Waals surface area contributed by atoms with E-state index in [2.05, 4.69) is 32.0 Å². The average molecular weight is 412 g/mol. The van der Waals surface area contributed by atoms with E-state index in [1.54, 1.807) is 29.7 Å². The van der Waals surface area contributed by atoms with Crippen LogP contribution in [-0.4, -0.2) is 48.3 Å². The highest BCUT2D eigenvalue weighted by Crippen LogP contribution is 2.27. The fourth-order valence-electron chi connectivity index (χ4n) is 3.57. The number of morpholine rings is 1. The highest BCUT2D eigenvalue weighted by atomic mass is 16.5. The van der Waals surface area contributed by atoms with E-state index in [-0.39, 0.29) is 6.03 Å². The summed E-state index contributed by atoms with van der Waals surface area (Å²) in [6.45, 7) is 6.80. The molecule has 0 aliphatic carbocycles. The van der Waals surface area contributed by atoms with Crippen LogP contribution < -0.4 is 10.4 Å². The zero-order valence-electron chi connectivity index (χ0n) is 17.6. The van der Waals surface area contributed by atoms with Crippen molar-refractivity contribution in [2.75, 3.05) is 31.2 Å². The van der Waals surface area contributed by atoms with Gasteiger partial charge in [0.05, 0.1) is 19.8 Å². The second kappa shape index (κ2) is 10.2. The lowest BCUT2D eigenvalue weighted by molar-refractivity contribution is 0.0548. The SMILES string of the molecule is CCc1ccc(CC)c(N(Cc2ccc(C(=O)NO)cc2)C(=O)N2CCOCC2)c1. The van der Waals surface area contributed by atoms with Crippen molar-refractivity contribution in [1.82, 2.24) is 10.4 Å². The summed E-state index contributed by atoms with van der Waals surface area (Å²) in [4.78, 5) is 28.7. The molecule has 0 aromatic heterocycles. The van der Waals surface area contributed by atoms with Crippen molar-refractivity contribution >= 4 is 17.6 Å². The van der Waals surface area contributed by atoms with Crippen LogP contribution >= 0.6 is 0 Å². The molecular weight excluding hydrogens is 382 g/mol. The Balaban J connectivity index is 1.95. The molecule has 7 nitrogen and oxygen atoms in total. The molecule has 2 aromatic carbocycles. The number of anilines is 1. The van der Waals surface area contributed by atoms with Crippen LogP contribution in [0.2, 0.25) is 0 Å². The largest absolute Gasteiger partial charge is 0.378 e. The molecule has 2 N–H and O–H groups in total. The molecule has 0 atom stereocenters. The number of hydroxylamine groups is 1. The molecule has 1 fully saturated rings. The standard InChI is InChI=1S/C23H29N3O4/c1-3-17-5-8-19(4-2)21(15-17)26(23(28)25-11-13-30-14-12-25)16-18-6-9-20(10-7-18)22(27)24-29/h5-10,15,29H,3-4,11-14,16H2,1-2H3,(H,24,27). The van der Waals surface area contributed by atoms with Gasteiger partial charge in [0.2, 0.25) is 0 Å². The van der Waals surface area contributed by atoms with Gasteiger partial charge in [-0.3, -0.25) is 14.9 Å². The predicted octanol–water partition coefficient (Wildman–Crippen LogP) is 3.39. The van der Waals surface area contributed by atoms with Gasteiger partial charge in [-0.25, -0.2) is 10.3 Å². The second-order valence-electron chi connectivity index (χ2n) is 7.28. The Bertz CT molecular complexity index is 877. The molecule has 2 aromatic rings. The molecule has 1 saturated heterocycles. The molecule has 0 saturated carbocycles. The number of nitrogens with one attached hydrogen (secondary N) is 1. The van der Waals surface area contributed by atoms with Crippen LogP contribution in [0.25, 0.3) is 0 Å². The van der Waals surface area contributed by atoms with E-state index >= 15 is 0 Å². The Morgan fingerprint density at radius 2 is 1.70 bits per heavy atom. The van der Waals surface area contributed by atoms with E-state index < -0.39 is 5.91 Å². The molecule has 30 heavy (non-hydrogen) atoms. The van der Waals surface area contributed by atoms with Crippen molar-refractivity contribution in [3.05, 3.63) is 64.7 Å². The van der Waals surface area contributed by atoms with Gasteiger partial charge < -0.3 is 9.64 Å².